The zero-order chi connectivity index (χ0) is 22.9. The van der Waals surface area contributed by atoms with Gasteiger partial charge in [-0.05, 0) is 62.1 Å². The minimum Gasteiger partial charge on any atom is -0.481 e. The van der Waals surface area contributed by atoms with Crippen LogP contribution in [0.3, 0.4) is 0 Å². The number of nitrogens with one attached hydrogen (secondary N) is 1. The number of aliphatic carboxylic acids is 1. The van der Waals surface area contributed by atoms with Crippen LogP contribution >= 0.6 is 11.6 Å². The molecular formula is C24H20ClFN4O3. The van der Waals surface area contributed by atoms with Crippen LogP contribution in [0, 0.1) is 11.7 Å². The van der Waals surface area contributed by atoms with E-state index in [1.807, 2.05) is 18.2 Å². The number of H-pyrrole nitrogens is 1. The number of pyridine rings is 2. The number of hydrogen-bond acceptors (Lipinski definition) is 5. The van der Waals surface area contributed by atoms with E-state index in [0.717, 1.165) is 16.6 Å². The Hall–Kier alpha value is -3.52. The molecule has 1 aliphatic carbocycles. The molecule has 0 unspecified atom stereocenters. The van der Waals surface area contributed by atoms with E-state index in [1.165, 1.54) is 12.3 Å². The third-order valence-electron chi connectivity index (χ3n) is 5.89. The summed E-state index contributed by atoms with van der Waals surface area (Å²) in [5.41, 5.74) is 3.52. The standard InChI is InChI=1S/C24H20ClFN4O3/c25-16-4-8-20-21(10-16)30-22(29-20)14-3-7-19(27-11-14)15-9-18(26)23(28-12-15)33-17-5-1-13(2-6-17)24(31)32/h3-4,7-13,17H,1-2,5-6H2,(H,29,30)(H,31,32). The lowest BCUT2D eigenvalue weighted by molar-refractivity contribution is -0.143. The molecule has 0 atom stereocenters. The maximum absolute atomic E-state index is 14.7. The van der Waals surface area contributed by atoms with Crippen LogP contribution in [0.25, 0.3) is 33.7 Å². The van der Waals surface area contributed by atoms with Gasteiger partial charge in [-0.25, -0.2) is 14.4 Å². The van der Waals surface area contributed by atoms with Crippen molar-refractivity contribution in [1.29, 1.82) is 0 Å². The van der Waals surface area contributed by atoms with Gasteiger partial charge in [0.1, 0.15) is 11.9 Å². The summed E-state index contributed by atoms with van der Waals surface area (Å²) in [5.74, 6) is -1.12. The van der Waals surface area contributed by atoms with Gasteiger partial charge in [-0.2, -0.15) is 0 Å². The van der Waals surface area contributed by atoms with Crippen molar-refractivity contribution >= 4 is 28.6 Å². The molecule has 0 spiro atoms. The molecule has 0 aliphatic heterocycles. The van der Waals surface area contributed by atoms with Crippen molar-refractivity contribution in [1.82, 2.24) is 19.9 Å². The molecule has 0 radical (unpaired) electrons. The van der Waals surface area contributed by atoms with Crippen molar-refractivity contribution in [2.24, 2.45) is 5.92 Å². The number of carboxylic acids is 1. The number of aromatic nitrogens is 4. The third kappa shape index (κ3) is 4.52. The predicted octanol–water partition coefficient (Wildman–Crippen LogP) is 5.50. The molecule has 3 heterocycles. The van der Waals surface area contributed by atoms with Crippen molar-refractivity contribution in [3.63, 3.8) is 0 Å². The van der Waals surface area contributed by atoms with Crippen LogP contribution in [0.2, 0.25) is 5.02 Å². The Morgan fingerprint density at radius 2 is 1.85 bits per heavy atom. The van der Waals surface area contributed by atoms with Gasteiger partial charge in [0, 0.05) is 28.5 Å². The van der Waals surface area contributed by atoms with Gasteiger partial charge in [0.2, 0.25) is 0 Å². The maximum Gasteiger partial charge on any atom is 0.306 e. The average Bonchev–Trinajstić information content (AvgIpc) is 3.24. The number of imidazole rings is 1. The van der Waals surface area contributed by atoms with E-state index in [2.05, 4.69) is 19.9 Å². The Labute approximate surface area is 193 Å². The van der Waals surface area contributed by atoms with Crippen LogP contribution in [-0.2, 0) is 4.79 Å². The summed E-state index contributed by atoms with van der Waals surface area (Å²) in [6, 6.07) is 10.4. The van der Waals surface area contributed by atoms with Gasteiger partial charge in [-0.15, -0.1) is 0 Å². The van der Waals surface area contributed by atoms with E-state index in [-0.39, 0.29) is 17.9 Å². The van der Waals surface area contributed by atoms with Gasteiger partial charge in [-0.1, -0.05) is 11.6 Å². The summed E-state index contributed by atoms with van der Waals surface area (Å²) < 4.78 is 20.4. The zero-order valence-corrected chi connectivity index (χ0v) is 18.2. The summed E-state index contributed by atoms with van der Waals surface area (Å²) >= 11 is 6.03. The molecule has 3 aromatic heterocycles. The second kappa shape index (κ2) is 8.78. The first kappa shape index (κ1) is 21.3. The fourth-order valence-electron chi connectivity index (χ4n) is 4.06. The molecule has 4 aromatic rings. The lowest BCUT2D eigenvalue weighted by atomic mass is 9.87. The molecule has 1 aliphatic rings. The summed E-state index contributed by atoms with van der Waals surface area (Å²) in [6.45, 7) is 0. The van der Waals surface area contributed by atoms with Crippen LogP contribution < -0.4 is 4.74 Å². The predicted molar refractivity (Wildman–Crippen MR) is 122 cm³/mol. The van der Waals surface area contributed by atoms with Gasteiger partial charge in [-0.3, -0.25) is 9.78 Å². The number of rotatable bonds is 5. The van der Waals surface area contributed by atoms with E-state index < -0.39 is 11.8 Å². The lowest BCUT2D eigenvalue weighted by Crippen LogP contribution is -2.28. The zero-order valence-electron chi connectivity index (χ0n) is 17.5. The smallest absolute Gasteiger partial charge is 0.306 e. The van der Waals surface area contributed by atoms with E-state index >= 15 is 0 Å². The summed E-state index contributed by atoms with van der Waals surface area (Å²) in [6.07, 6.45) is 5.13. The number of benzene rings is 1. The Morgan fingerprint density at radius 1 is 1.06 bits per heavy atom. The van der Waals surface area contributed by atoms with E-state index in [0.29, 0.717) is 47.8 Å². The fraction of sp³-hybridized carbons (Fsp3) is 0.250. The first-order valence-corrected chi connectivity index (χ1v) is 11.0. The van der Waals surface area contributed by atoms with E-state index in [9.17, 15) is 9.18 Å². The molecule has 7 nitrogen and oxygen atoms in total. The molecule has 1 fully saturated rings. The normalized spacial score (nSPS) is 18.4. The molecule has 0 saturated heterocycles. The molecular weight excluding hydrogens is 447 g/mol. The molecule has 33 heavy (non-hydrogen) atoms. The number of fused-ring (bicyclic) bond motifs is 1. The fourth-order valence-corrected chi connectivity index (χ4v) is 4.23. The molecule has 9 heteroatoms. The number of halogens is 2. The Bertz CT molecular complexity index is 1320. The van der Waals surface area contributed by atoms with Gasteiger partial charge >= 0.3 is 5.97 Å². The summed E-state index contributed by atoms with van der Waals surface area (Å²) in [4.78, 5) is 27.4. The molecule has 5 rings (SSSR count). The number of carbonyl (C=O) groups is 1. The quantitative estimate of drug-likeness (QED) is 0.402. The van der Waals surface area contributed by atoms with Crippen molar-refractivity contribution in [3.8, 4) is 28.5 Å². The third-order valence-corrected chi connectivity index (χ3v) is 6.12. The minimum atomic E-state index is -0.787. The first-order valence-electron chi connectivity index (χ1n) is 10.6. The Kier molecular flexibility index (Phi) is 5.68. The minimum absolute atomic E-state index is 0.0740. The largest absolute Gasteiger partial charge is 0.481 e. The van der Waals surface area contributed by atoms with E-state index in [1.54, 1.807) is 18.3 Å². The highest BCUT2D eigenvalue weighted by molar-refractivity contribution is 6.31. The van der Waals surface area contributed by atoms with Crippen LogP contribution in [0.1, 0.15) is 25.7 Å². The Balaban J connectivity index is 1.29. The number of ether oxygens (including phenoxy) is 1. The van der Waals surface area contributed by atoms with Crippen molar-refractivity contribution in [3.05, 3.63) is 59.6 Å². The van der Waals surface area contributed by atoms with Gasteiger partial charge in [0.05, 0.1) is 22.6 Å². The van der Waals surface area contributed by atoms with Gasteiger partial charge in [0.15, 0.2) is 5.82 Å². The van der Waals surface area contributed by atoms with E-state index in [4.69, 9.17) is 21.4 Å². The second-order valence-electron chi connectivity index (χ2n) is 8.12. The molecule has 168 valence electrons. The molecule has 0 amide bonds. The average molecular weight is 467 g/mol. The van der Waals surface area contributed by atoms with Crippen molar-refractivity contribution in [2.75, 3.05) is 0 Å². The number of hydrogen-bond donors (Lipinski definition) is 2. The highest BCUT2D eigenvalue weighted by Gasteiger charge is 2.27. The molecule has 1 aromatic carbocycles. The van der Waals surface area contributed by atoms with Crippen molar-refractivity contribution in [2.45, 2.75) is 31.8 Å². The summed E-state index contributed by atoms with van der Waals surface area (Å²) in [7, 11) is 0. The van der Waals surface area contributed by atoms with Crippen molar-refractivity contribution < 1.29 is 19.0 Å². The second-order valence-corrected chi connectivity index (χ2v) is 8.56. The highest BCUT2D eigenvalue weighted by atomic mass is 35.5. The van der Waals surface area contributed by atoms with Gasteiger partial charge in [0.25, 0.3) is 5.88 Å². The Morgan fingerprint density at radius 3 is 2.55 bits per heavy atom. The number of nitrogens with zero attached hydrogens (tertiary/aromatic N) is 3. The van der Waals surface area contributed by atoms with Crippen LogP contribution in [0.4, 0.5) is 4.39 Å². The number of carboxylic acid groups (broad SMARTS) is 1. The molecule has 0 bridgehead atoms. The highest BCUT2D eigenvalue weighted by Crippen LogP contribution is 2.30. The monoisotopic (exact) mass is 466 g/mol. The van der Waals surface area contributed by atoms with Crippen LogP contribution in [0.5, 0.6) is 5.88 Å². The SMILES string of the molecule is O=C(O)C1CCC(Oc2ncc(-c3ccc(-c4nc5ccc(Cl)cc5[nH]4)cn3)cc2F)CC1. The van der Waals surface area contributed by atoms with Gasteiger partial charge < -0.3 is 14.8 Å². The molecule has 1 saturated carbocycles. The number of aromatic amines is 1. The van der Waals surface area contributed by atoms with Crippen LogP contribution in [-0.4, -0.2) is 37.1 Å². The lowest BCUT2D eigenvalue weighted by Gasteiger charge is -2.26. The maximum atomic E-state index is 14.7. The molecule has 2 N–H and O–H groups in total. The topological polar surface area (TPSA) is 101 Å². The summed E-state index contributed by atoms with van der Waals surface area (Å²) in [5, 5.41) is 9.72. The van der Waals surface area contributed by atoms with Crippen LogP contribution in [0.15, 0.2) is 48.8 Å². The first-order chi connectivity index (χ1) is 16.0.